The maximum Gasteiger partial charge on any atom is 0.419 e. The lowest BCUT2D eigenvalue weighted by Crippen LogP contribution is -2.43. The van der Waals surface area contributed by atoms with Crippen molar-refractivity contribution in [1.82, 2.24) is 4.90 Å². The molecule has 2 aliphatic heterocycles. The van der Waals surface area contributed by atoms with Crippen LogP contribution in [0.2, 0.25) is 0 Å². The molecule has 0 bridgehead atoms. The molecule has 0 aliphatic carbocycles. The molecule has 1 unspecified atom stereocenters. The number of nitrogens with zero attached hydrogens (tertiary/aromatic N) is 3. The normalized spacial score (nSPS) is 22.0. The van der Waals surface area contributed by atoms with Crippen molar-refractivity contribution < 1.29 is 14.3 Å². The summed E-state index contributed by atoms with van der Waals surface area (Å²) in [7, 11) is 0. The van der Waals surface area contributed by atoms with E-state index in [1.165, 1.54) is 11.1 Å². The van der Waals surface area contributed by atoms with Crippen LogP contribution in [-0.2, 0) is 4.79 Å². The van der Waals surface area contributed by atoms with Crippen LogP contribution < -0.4 is 9.63 Å². The third kappa shape index (κ3) is 1.98. The topological polar surface area (TPSA) is 67.6 Å². The van der Waals surface area contributed by atoms with E-state index in [9.17, 15) is 14.8 Å². The minimum absolute atomic E-state index is 0.107. The third-order valence-electron chi connectivity index (χ3n) is 4.05. The highest BCUT2D eigenvalue weighted by molar-refractivity contribution is 6.21. The molecule has 1 atom stereocenters. The summed E-state index contributed by atoms with van der Waals surface area (Å²) in [5.74, 6) is -0.229. The minimum Gasteiger partial charge on any atom is -0.711 e. The zero-order valence-electron chi connectivity index (χ0n) is 12.1. The Balaban J connectivity index is 2.06. The summed E-state index contributed by atoms with van der Waals surface area (Å²) in [5, 5.41) is 12.1. The van der Waals surface area contributed by atoms with Crippen LogP contribution in [0.4, 0.5) is 10.6 Å². The van der Waals surface area contributed by atoms with E-state index < -0.39 is 12.1 Å². The Kier molecular flexibility index (Phi) is 2.97. The van der Waals surface area contributed by atoms with Crippen LogP contribution in [0.15, 0.2) is 24.4 Å². The summed E-state index contributed by atoms with van der Waals surface area (Å²) in [6, 6.07) is 0.870. The van der Waals surface area contributed by atoms with Gasteiger partial charge in [0.25, 0.3) is 5.82 Å². The van der Waals surface area contributed by atoms with Gasteiger partial charge < -0.3 is 5.21 Å². The maximum atomic E-state index is 12.6. The van der Waals surface area contributed by atoms with Gasteiger partial charge in [0, 0.05) is 18.5 Å². The summed E-state index contributed by atoms with van der Waals surface area (Å²) in [5.41, 5.74) is 2.37. The number of pyridine rings is 1. The molecule has 6 nitrogen and oxygen atoms in total. The Labute approximate surface area is 122 Å². The van der Waals surface area contributed by atoms with Crippen molar-refractivity contribution in [3.63, 3.8) is 0 Å². The fourth-order valence-electron chi connectivity index (χ4n) is 3.07. The molecule has 0 saturated carbocycles. The fraction of sp³-hybridized carbons (Fsp3) is 0.400. The van der Waals surface area contributed by atoms with E-state index >= 15 is 0 Å². The van der Waals surface area contributed by atoms with Crippen molar-refractivity contribution in [1.29, 1.82) is 0 Å². The Bertz CT molecular complexity index is 645. The SMILES string of the molecule is C=C1CCN2C(=O)N(c3c(C)cc(C)c[n+]3[O-])C(=O)C2C1. The van der Waals surface area contributed by atoms with Gasteiger partial charge in [-0.05, 0) is 31.9 Å². The number of rotatable bonds is 1. The van der Waals surface area contributed by atoms with E-state index in [1.54, 1.807) is 19.9 Å². The van der Waals surface area contributed by atoms with E-state index in [1.807, 2.05) is 0 Å². The number of carbonyl (C=O) groups is 2. The lowest BCUT2D eigenvalue weighted by molar-refractivity contribution is -0.592. The molecule has 0 aromatic carbocycles. The quantitative estimate of drug-likeness (QED) is 0.339. The number of imide groups is 1. The van der Waals surface area contributed by atoms with Crippen molar-refractivity contribution in [2.75, 3.05) is 11.4 Å². The van der Waals surface area contributed by atoms with Crippen LogP contribution in [0, 0.1) is 19.1 Å². The molecule has 1 aromatic rings. The van der Waals surface area contributed by atoms with E-state index in [4.69, 9.17) is 0 Å². The molecule has 3 heterocycles. The molecule has 2 saturated heterocycles. The second kappa shape index (κ2) is 4.58. The molecule has 0 N–H and O–H groups in total. The molecule has 0 radical (unpaired) electrons. The summed E-state index contributed by atoms with van der Waals surface area (Å²) in [6.07, 6.45) is 2.55. The Morgan fingerprint density at radius 2 is 2.10 bits per heavy atom. The Morgan fingerprint density at radius 1 is 1.38 bits per heavy atom. The number of urea groups is 1. The van der Waals surface area contributed by atoms with Crippen molar-refractivity contribution in [2.24, 2.45) is 0 Å². The monoisotopic (exact) mass is 287 g/mol. The standard InChI is InChI=1S/C15H17N3O3/c1-9-4-5-16-12(7-9)14(19)18(15(16)20)13-11(3)6-10(2)8-17(13)21/h6,8,12H,1,4-5,7H2,2-3H3. The van der Waals surface area contributed by atoms with Gasteiger partial charge >= 0.3 is 11.9 Å². The van der Waals surface area contributed by atoms with Gasteiger partial charge in [0.05, 0.1) is 6.20 Å². The zero-order valence-corrected chi connectivity index (χ0v) is 12.1. The van der Waals surface area contributed by atoms with Crippen LogP contribution >= 0.6 is 0 Å². The fourth-order valence-corrected chi connectivity index (χ4v) is 3.07. The predicted octanol–water partition coefficient (Wildman–Crippen LogP) is 1.42. The zero-order chi connectivity index (χ0) is 15.3. The first-order valence-corrected chi connectivity index (χ1v) is 6.92. The number of fused-ring (bicyclic) bond motifs is 1. The average molecular weight is 287 g/mol. The number of hydrogen-bond acceptors (Lipinski definition) is 3. The Morgan fingerprint density at radius 3 is 2.76 bits per heavy atom. The van der Waals surface area contributed by atoms with E-state index in [0.717, 1.165) is 16.0 Å². The molecule has 6 heteroatoms. The highest BCUT2D eigenvalue weighted by Crippen LogP contribution is 2.32. The second-order valence-corrected chi connectivity index (χ2v) is 5.72. The first kappa shape index (κ1) is 13.6. The molecular weight excluding hydrogens is 270 g/mol. The van der Waals surface area contributed by atoms with Crippen LogP contribution in [0.3, 0.4) is 0 Å². The van der Waals surface area contributed by atoms with Crippen molar-refractivity contribution >= 4 is 17.8 Å². The molecule has 0 spiro atoms. The summed E-state index contributed by atoms with van der Waals surface area (Å²) >= 11 is 0. The van der Waals surface area contributed by atoms with Gasteiger partial charge in [-0.15, -0.1) is 4.90 Å². The van der Waals surface area contributed by atoms with E-state index in [0.29, 0.717) is 29.7 Å². The molecule has 2 aliphatic rings. The van der Waals surface area contributed by atoms with Gasteiger partial charge in [-0.1, -0.05) is 12.2 Å². The number of anilines is 1. The highest BCUT2D eigenvalue weighted by atomic mass is 16.5. The number of amides is 3. The molecule has 110 valence electrons. The molecule has 2 fully saturated rings. The van der Waals surface area contributed by atoms with Gasteiger partial charge in [0.2, 0.25) is 0 Å². The van der Waals surface area contributed by atoms with Crippen molar-refractivity contribution in [3.05, 3.63) is 40.7 Å². The average Bonchev–Trinajstić information content (AvgIpc) is 2.62. The lowest BCUT2D eigenvalue weighted by atomic mass is 9.99. The summed E-state index contributed by atoms with van der Waals surface area (Å²) in [6.45, 7) is 7.91. The van der Waals surface area contributed by atoms with Crippen LogP contribution in [0.5, 0.6) is 0 Å². The first-order chi connectivity index (χ1) is 9.90. The molecular formula is C15H17N3O3. The number of carbonyl (C=O) groups excluding carboxylic acids is 2. The maximum absolute atomic E-state index is 12.6. The van der Waals surface area contributed by atoms with E-state index in [2.05, 4.69) is 6.58 Å². The van der Waals surface area contributed by atoms with Gasteiger partial charge in [0.1, 0.15) is 6.04 Å². The lowest BCUT2D eigenvalue weighted by Gasteiger charge is -2.25. The number of aromatic nitrogens is 1. The summed E-state index contributed by atoms with van der Waals surface area (Å²) < 4.78 is 0.605. The predicted molar refractivity (Wildman–Crippen MR) is 76.6 cm³/mol. The summed E-state index contributed by atoms with van der Waals surface area (Å²) in [4.78, 5) is 27.6. The van der Waals surface area contributed by atoms with Crippen LogP contribution in [0.1, 0.15) is 24.0 Å². The minimum atomic E-state index is -0.514. The molecule has 1 aromatic heterocycles. The number of hydrogen-bond donors (Lipinski definition) is 0. The second-order valence-electron chi connectivity index (χ2n) is 5.72. The third-order valence-corrected chi connectivity index (χ3v) is 4.05. The number of piperidine rings is 1. The van der Waals surface area contributed by atoms with Crippen molar-refractivity contribution in [2.45, 2.75) is 32.7 Å². The smallest absolute Gasteiger partial charge is 0.419 e. The molecule has 3 amide bonds. The van der Waals surface area contributed by atoms with Gasteiger partial charge in [-0.25, -0.2) is 14.3 Å². The van der Waals surface area contributed by atoms with Crippen LogP contribution in [-0.4, -0.2) is 29.4 Å². The largest absolute Gasteiger partial charge is 0.711 e. The Hall–Kier alpha value is -2.37. The van der Waals surface area contributed by atoms with Crippen molar-refractivity contribution in [3.8, 4) is 0 Å². The molecule has 21 heavy (non-hydrogen) atoms. The van der Waals surface area contributed by atoms with Gasteiger partial charge in [0.15, 0.2) is 0 Å². The van der Waals surface area contributed by atoms with E-state index in [-0.39, 0.29) is 11.7 Å². The van der Waals surface area contributed by atoms with Gasteiger partial charge in [-0.3, -0.25) is 4.90 Å². The molecule has 3 rings (SSSR count). The highest BCUT2D eigenvalue weighted by Gasteiger charge is 2.54. The van der Waals surface area contributed by atoms with Gasteiger partial charge in [-0.2, -0.15) is 0 Å². The number of aryl methyl sites for hydroxylation is 2. The van der Waals surface area contributed by atoms with Crippen LogP contribution in [0.25, 0.3) is 0 Å². The first-order valence-electron chi connectivity index (χ1n) is 6.92.